The molecule has 0 aliphatic carbocycles. The number of hydrogen-bond donors (Lipinski definition) is 2. The molecule has 1 aromatic heterocycles. The molecule has 0 aliphatic rings. The molecule has 8 heteroatoms. The highest BCUT2D eigenvalue weighted by molar-refractivity contribution is 6.30. The maximum Gasteiger partial charge on any atom is 0.274 e. The van der Waals surface area contributed by atoms with E-state index < -0.39 is 17.5 Å². The van der Waals surface area contributed by atoms with Gasteiger partial charge in [0.05, 0.1) is 5.69 Å². The third-order valence-corrected chi connectivity index (χ3v) is 3.58. The van der Waals surface area contributed by atoms with E-state index in [-0.39, 0.29) is 11.4 Å². The summed E-state index contributed by atoms with van der Waals surface area (Å²) in [6.45, 7) is 1.62. The van der Waals surface area contributed by atoms with E-state index in [4.69, 9.17) is 11.6 Å². The Balaban J connectivity index is 1.83. The van der Waals surface area contributed by atoms with Crippen LogP contribution in [0.2, 0.25) is 5.02 Å². The minimum Gasteiger partial charge on any atom is -0.340 e. The van der Waals surface area contributed by atoms with Crippen LogP contribution >= 0.6 is 11.6 Å². The van der Waals surface area contributed by atoms with Crippen LogP contribution in [-0.4, -0.2) is 15.9 Å². The molecule has 26 heavy (non-hydrogen) atoms. The smallest absolute Gasteiger partial charge is 0.274 e. The number of halogens is 3. The van der Waals surface area contributed by atoms with Crippen molar-refractivity contribution in [3.63, 3.8) is 0 Å². The Kier molecular flexibility index (Phi) is 5.09. The minimum absolute atomic E-state index is 0.0331. The molecule has 3 rings (SSSR count). The van der Waals surface area contributed by atoms with E-state index in [9.17, 15) is 13.6 Å². The van der Waals surface area contributed by atoms with Crippen molar-refractivity contribution in [3.05, 3.63) is 76.7 Å². The van der Waals surface area contributed by atoms with Crippen molar-refractivity contribution in [2.45, 2.75) is 6.92 Å². The molecular formula is C18H13ClF2N4O. The molecular weight excluding hydrogens is 362 g/mol. The van der Waals surface area contributed by atoms with E-state index in [1.165, 1.54) is 6.07 Å². The Morgan fingerprint density at radius 3 is 2.62 bits per heavy atom. The standard InChI is InChI=1S/C18H13ClF2N4O/c1-10-22-16(18(26)25-15-6-5-12(20)8-14(15)21)9-17(23-10)24-13-4-2-3-11(19)7-13/h2-9H,1H3,(H,25,26)(H,22,23,24). The Labute approximate surface area is 153 Å². The van der Waals surface area contributed by atoms with Crippen molar-refractivity contribution >= 4 is 34.7 Å². The number of carbonyl (C=O) groups is 1. The summed E-state index contributed by atoms with van der Waals surface area (Å²) in [6.07, 6.45) is 0. The molecule has 132 valence electrons. The van der Waals surface area contributed by atoms with Gasteiger partial charge in [0.15, 0.2) is 0 Å². The van der Waals surface area contributed by atoms with Crippen molar-refractivity contribution in [2.75, 3.05) is 10.6 Å². The molecule has 0 aliphatic heterocycles. The van der Waals surface area contributed by atoms with Crippen LogP contribution in [0.15, 0.2) is 48.5 Å². The maximum atomic E-state index is 13.7. The first kappa shape index (κ1) is 17.8. The first-order valence-electron chi connectivity index (χ1n) is 7.55. The first-order chi connectivity index (χ1) is 12.4. The number of benzene rings is 2. The number of amides is 1. The zero-order valence-corrected chi connectivity index (χ0v) is 14.3. The molecule has 1 heterocycles. The molecule has 0 unspecified atom stereocenters. The Morgan fingerprint density at radius 1 is 1.08 bits per heavy atom. The lowest BCUT2D eigenvalue weighted by molar-refractivity contribution is 0.102. The van der Waals surface area contributed by atoms with Crippen LogP contribution in [-0.2, 0) is 0 Å². The Hall–Kier alpha value is -3.06. The summed E-state index contributed by atoms with van der Waals surface area (Å²) in [4.78, 5) is 20.6. The number of carbonyl (C=O) groups excluding carboxylic acids is 1. The number of aromatic nitrogens is 2. The molecule has 3 aromatic rings. The van der Waals surface area contributed by atoms with Gasteiger partial charge in [0, 0.05) is 22.8 Å². The lowest BCUT2D eigenvalue weighted by atomic mass is 10.2. The average Bonchev–Trinajstić information content (AvgIpc) is 2.57. The van der Waals surface area contributed by atoms with E-state index in [0.717, 1.165) is 12.1 Å². The zero-order chi connectivity index (χ0) is 18.7. The number of hydrogen-bond acceptors (Lipinski definition) is 4. The predicted octanol–water partition coefficient (Wildman–Crippen LogP) is 4.71. The van der Waals surface area contributed by atoms with Gasteiger partial charge < -0.3 is 10.6 Å². The van der Waals surface area contributed by atoms with Crippen molar-refractivity contribution in [3.8, 4) is 0 Å². The Morgan fingerprint density at radius 2 is 1.88 bits per heavy atom. The number of aryl methyl sites for hydroxylation is 1. The maximum absolute atomic E-state index is 13.7. The highest BCUT2D eigenvalue weighted by Crippen LogP contribution is 2.20. The third-order valence-electron chi connectivity index (χ3n) is 3.35. The molecule has 5 nitrogen and oxygen atoms in total. The van der Waals surface area contributed by atoms with Crippen molar-refractivity contribution in [1.82, 2.24) is 9.97 Å². The molecule has 0 atom stereocenters. The van der Waals surface area contributed by atoms with E-state index in [2.05, 4.69) is 20.6 Å². The van der Waals surface area contributed by atoms with Gasteiger partial charge in [-0.25, -0.2) is 18.7 Å². The number of nitrogens with one attached hydrogen (secondary N) is 2. The molecule has 0 radical (unpaired) electrons. The summed E-state index contributed by atoms with van der Waals surface area (Å²) >= 11 is 5.94. The van der Waals surface area contributed by atoms with Gasteiger partial charge in [-0.3, -0.25) is 4.79 Å². The minimum atomic E-state index is -0.874. The highest BCUT2D eigenvalue weighted by Gasteiger charge is 2.13. The summed E-state index contributed by atoms with van der Waals surface area (Å²) < 4.78 is 26.7. The highest BCUT2D eigenvalue weighted by atomic mass is 35.5. The van der Waals surface area contributed by atoms with Gasteiger partial charge in [-0.15, -0.1) is 0 Å². The van der Waals surface area contributed by atoms with Crippen molar-refractivity contribution < 1.29 is 13.6 Å². The van der Waals surface area contributed by atoms with Gasteiger partial charge in [-0.05, 0) is 37.3 Å². The molecule has 0 saturated carbocycles. The van der Waals surface area contributed by atoms with E-state index >= 15 is 0 Å². The predicted molar refractivity (Wildman–Crippen MR) is 95.8 cm³/mol. The lowest BCUT2D eigenvalue weighted by Crippen LogP contribution is -2.16. The fourth-order valence-electron chi connectivity index (χ4n) is 2.24. The second-order valence-electron chi connectivity index (χ2n) is 5.40. The molecule has 2 N–H and O–H groups in total. The number of anilines is 3. The normalized spacial score (nSPS) is 10.5. The van der Waals surface area contributed by atoms with Crippen LogP contribution in [0, 0.1) is 18.6 Å². The van der Waals surface area contributed by atoms with Gasteiger partial charge in [0.2, 0.25) is 0 Å². The van der Waals surface area contributed by atoms with Gasteiger partial charge in [-0.1, -0.05) is 17.7 Å². The molecule has 1 amide bonds. The number of rotatable bonds is 4. The topological polar surface area (TPSA) is 66.9 Å². The molecule has 0 bridgehead atoms. The van der Waals surface area contributed by atoms with E-state index in [0.29, 0.717) is 28.4 Å². The Bertz CT molecular complexity index is 981. The second kappa shape index (κ2) is 7.45. The van der Waals surface area contributed by atoms with Crippen LogP contribution in [0.3, 0.4) is 0 Å². The van der Waals surface area contributed by atoms with Gasteiger partial charge in [0.25, 0.3) is 5.91 Å². The average molecular weight is 375 g/mol. The summed E-state index contributed by atoms with van der Waals surface area (Å²) in [5.41, 5.74) is 0.578. The van der Waals surface area contributed by atoms with Crippen molar-refractivity contribution in [1.29, 1.82) is 0 Å². The first-order valence-corrected chi connectivity index (χ1v) is 7.93. The largest absolute Gasteiger partial charge is 0.340 e. The fourth-order valence-corrected chi connectivity index (χ4v) is 2.43. The van der Waals surface area contributed by atoms with Crippen molar-refractivity contribution in [2.24, 2.45) is 0 Å². The van der Waals surface area contributed by atoms with Gasteiger partial charge in [0.1, 0.15) is 29.0 Å². The van der Waals surface area contributed by atoms with Crippen LogP contribution in [0.25, 0.3) is 0 Å². The fraction of sp³-hybridized carbons (Fsp3) is 0.0556. The summed E-state index contributed by atoms with van der Waals surface area (Å²) in [7, 11) is 0. The quantitative estimate of drug-likeness (QED) is 0.694. The molecule has 0 saturated heterocycles. The SMILES string of the molecule is Cc1nc(Nc2cccc(Cl)c2)cc(C(=O)Nc2ccc(F)cc2F)n1. The second-order valence-corrected chi connectivity index (χ2v) is 5.84. The molecule has 2 aromatic carbocycles. The third kappa shape index (κ3) is 4.31. The zero-order valence-electron chi connectivity index (χ0n) is 13.6. The van der Waals surface area contributed by atoms with Crippen LogP contribution in [0.4, 0.5) is 26.0 Å². The lowest BCUT2D eigenvalue weighted by Gasteiger charge is -2.10. The summed E-state index contributed by atoms with van der Waals surface area (Å²) in [5, 5.41) is 5.93. The van der Waals surface area contributed by atoms with Crippen LogP contribution in [0.1, 0.15) is 16.3 Å². The monoisotopic (exact) mass is 374 g/mol. The van der Waals surface area contributed by atoms with E-state index in [1.54, 1.807) is 31.2 Å². The number of nitrogens with zero attached hydrogens (tertiary/aromatic N) is 2. The van der Waals surface area contributed by atoms with Crippen LogP contribution < -0.4 is 10.6 Å². The molecule has 0 fully saturated rings. The van der Waals surface area contributed by atoms with E-state index in [1.807, 2.05) is 0 Å². The van der Waals surface area contributed by atoms with Gasteiger partial charge in [-0.2, -0.15) is 0 Å². The molecule has 0 spiro atoms. The summed E-state index contributed by atoms with van der Waals surface area (Å²) in [6, 6.07) is 11.3. The van der Waals surface area contributed by atoms with Gasteiger partial charge >= 0.3 is 0 Å². The van der Waals surface area contributed by atoms with Crippen LogP contribution in [0.5, 0.6) is 0 Å². The summed E-state index contributed by atoms with van der Waals surface area (Å²) in [5.74, 6) is -1.52.